The van der Waals surface area contributed by atoms with Gasteiger partial charge in [-0.2, -0.15) is 0 Å². The van der Waals surface area contributed by atoms with Gasteiger partial charge >= 0.3 is 0 Å². The van der Waals surface area contributed by atoms with E-state index in [2.05, 4.69) is 23.8 Å². The monoisotopic (exact) mass is 228 g/mol. The lowest BCUT2D eigenvalue weighted by molar-refractivity contribution is -0.113. The molecule has 1 aromatic rings. The van der Waals surface area contributed by atoms with Crippen LogP contribution in [0.3, 0.4) is 0 Å². The number of rotatable bonds is 2. The van der Waals surface area contributed by atoms with Crippen LogP contribution in [-0.4, -0.2) is 15.8 Å². The first kappa shape index (κ1) is 11.7. The fourth-order valence-corrected chi connectivity index (χ4v) is 1.72. The summed E-state index contributed by atoms with van der Waals surface area (Å²) in [5.41, 5.74) is 3.77. The summed E-state index contributed by atoms with van der Waals surface area (Å²) < 4.78 is 0. The van der Waals surface area contributed by atoms with Crippen LogP contribution in [0, 0.1) is 6.92 Å². The Balaban J connectivity index is 2.41. The molecule has 0 saturated carbocycles. The second-order valence-electron chi connectivity index (χ2n) is 4.55. The highest BCUT2D eigenvalue weighted by atomic mass is 16.1. The Hall–Kier alpha value is -1.77. The van der Waals surface area contributed by atoms with Crippen LogP contribution in [0.5, 0.6) is 0 Å². The van der Waals surface area contributed by atoms with Crippen LogP contribution in [0.2, 0.25) is 0 Å². The fraction of sp³-hybridized carbons (Fsp3) is 0.357. The van der Waals surface area contributed by atoms with Gasteiger partial charge in [-0.25, -0.2) is 4.98 Å². The van der Waals surface area contributed by atoms with Gasteiger partial charge in [-0.15, -0.1) is 0 Å². The molecule has 1 aromatic heterocycles. The maximum Gasteiger partial charge on any atom is 0.159 e. The Morgan fingerprint density at radius 2 is 2.06 bits per heavy atom. The highest BCUT2D eigenvalue weighted by molar-refractivity contribution is 5.97. The third-order valence-electron chi connectivity index (χ3n) is 2.81. The zero-order chi connectivity index (χ0) is 12.4. The van der Waals surface area contributed by atoms with E-state index in [9.17, 15) is 4.79 Å². The second-order valence-corrected chi connectivity index (χ2v) is 4.55. The number of allylic oxidation sites excluding steroid dienone is 4. The lowest BCUT2D eigenvalue weighted by Gasteiger charge is -2.11. The van der Waals surface area contributed by atoms with Crippen molar-refractivity contribution >= 4 is 11.4 Å². The highest BCUT2D eigenvalue weighted by Crippen LogP contribution is 2.22. The molecular weight excluding hydrogens is 212 g/mol. The topological polar surface area (TPSA) is 42.9 Å². The fourth-order valence-electron chi connectivity index (χ4n) is 1.72. The van der Waals surface area contributed by atoms with Gasteiger partial charge in [0.2, 0.25) is 0 Å². The first-order valence-corrected chi connectivity index (χ1v) is 5.83. The lowest BCUT2D eigenvalue weighted by Crippen LogP contribution is -2.04. The molecule has 0 unspecified atom stereocenters. The summed E-state index contributed by atoms with van der Waals surface area (Å²) in [6, 6.07) is 0. The molecule has 17 heavy (non-hydrogen) atoms. The molecule has 88 valence electrons. The highest BCUT2D eigenvalue weighted by Gasteiger charge is 2.12. The number of carbonyl (C=O) groups is 1. The van der Waals surface area contributed by atoms with Crippen LogP contribution in [0.25, 0.3) is 5.57 Å². The Morgan fingerprint density at radius 3 is 2.65 bits per heavy atom. The molecule has 0 bridgehead atoms. The molecule has 0 atom stereocenters. The molecule has 0 N–H and O–H groups in total. The maximum atomic E-state index is 11.1. The molecular formula is C14H16N2O. The number of ketones is 1. The summed E-state index contributed by atoms with van der Waals surface area (Å²) in [5, 5.41) is 0. The predicted octanol–water partition coefficient (Wildman–Crippen LogP) is 2.82. The van der Waals surface area contributed by atoms with Gasteiger partial charge in [-0.3, -0.25) is 9.78 Å². The summed E-state index contributed by atoms with van der Waals surface area (Å²) in [6.07, 6.45) is 7.63. The molecule has 0 aromatic carbocycles. The maximum absolute atomic E-state index is 11.1. The van der Waals surface area contributed by atoms with E-state index in [0.717, 1.165) is 22.7 Å². The van der Waals surface area contributed by atoms with Crippen molar-refractivity contribution in [3.63, 3.8) is 0 Å². The van der Waals surface area contributed by atoms with Gasteiger partial charge < -0.3 is 0 Å². The summed E-state index contributed by atoms with van der Waals surface area (Å²) in [6.45, 7) is 6.13. The van der Waals surface area contributed by atoms with E-state index in [0.29, 0.717) is 12.3 Å². The largest absolute Gasteiger partial charge is 0.295 e. The van der Waals surface area contributed by atoms with Crippen molar-refractivity contribution in [1.82, 2.24) is 9.97 Å². The molecule has 0 amide bonds. The minimum atomic E-state index is 0.138. The van der Waals surface area contributed by atoms with Crippen molar-refractivity contribution in [3.05, 3.63) is 41.5 Å². The van der Waals surface area contributed by atoms with Crippen LogP contribution in [0.4, 0.5) is 0 Å². The van der Waals surface area contributed by atoms with E-state index < -0.39 is 0 Å². The van der Waals surface area contributed by atoms with E-state index in [1.165, 1.54) is 0 Å². The smallest absolute Gasteiger partial charge is 0.159 e. The third kappa shape index (κ3) is 2.49. The minimum Gasteiger partial charge on any atom is -0.295 e. The van der Waals surface area contributed by atoms with Crippen LogP contribution < -0.4 is 0 Å². The molecule has 1 aliphatic rings. The average Bonchev–Trinajstić information content (AvgIpc) is 2.31. The minimum absolute atomic E-state index is 0.138. The van der Waals surface area contributed by atoms with Crippen LogP contribution in [-0.2, 0) is 4.79 Å². The van der Waals surface area contributed by atoms with Crippen molar-refractivity contribution in [1.29, 1.82) is 0 Å². The number of hydrogen-bond donors (Lipinski definition) is 0. The average molecular weight is 228 g/mol. The van der Waals surface area contributed by atoms with E-state index in [1.54, 1.807) is 6.08 Å². The quantitative estimate of drug-likeness (QED) is 0.781. The Kier molecular flexibility index (Phi) is 3.18. The SMILES string of the molecule is Cc1ncc(C(C)C)nc1C1=CCC(=O)C=C1. The van der Waals surface area contributed by atoms with E-state index in [4.69, 9.17) is 0 Å². The van der Waals surface area contributed by atoms with Crippen LogP contribution in [0.1, 0.15) is 43.3 Å². The number of carbonyl (C=O) groups excluding carboxylic acids is 1. The number of aromatic nitrogens is 2. The molecule has 3 heteroatoms. The summed E-state index contributed by atoms with van der Waals surface area (Å²) in [7, 11) is 0. The molecule has 3 nitrogen and oxygen atoms in total. The van der Waals surface area contributed by atoms with Crippen molar-refractivity contribution in [2.75, 3.05) is 0 Å². The van der Waals surface area contributed by atoms with Crippen LogP contribution in [0.15, 0.2) is 24.4 Å². The van der Waals surface area contributed by atoms with E-state index >= 15 is 0 Å². The van der Waals surface area contributed by atoms with Gasteiger partial charge in [0.15, 0.2) is 5.78 Å². The van der Waals surface area contributed by atoms with Gasteiger partial charge in [0.25, 0.3) is 0 Å². The van der Waals surface area contributed by atoms with Crippen molar-refractivity contribution < 1.29 is 4.79 Å². The Morgan fingerprint density at radius 1 is 1.29 bits per heavy atom. The molecule has 0 saturated heterocycles. The van der Waals surface area contributed by atoms with Gasteiger partial charge in [0, 0.05) is 12.6 Å². The van der Waals surface area contributed by atoms with E-state index in [1.807, 2.05) is 25.3 Å². The Bertz CT molecular complexity index is 513. The molecule has 0 radical (unpaired) electrons. The summed E-state index contributed by atoms with van der Waals surface area (Å²) >= 11 is 0. The van der Waals surface area contributed by atoms with Crippen molar-refractivity contribution in [3.8, 4) is 0 Å². The molecule has 0 aliphatic heterocycles. The molecule has 1 aliphatic carbocycles. The molecule has 0 spiro atoms. The first-order valence-electron chi connectivity index (χ1n) is 5.83. The van der Waals surface area contributed by atoms with E-state index in [-0.39, 0.29) is 5.78 Å². The first-order chi connectivity index (χ1) is 8.08. The lowest BCUT2D eigenvalue weighted by atomic mass is 10.0. The number of nitrogens with zero attached hydrogens (tertiary/aromatic N) is 2. The zero-order valence-corrected chi connectivity index (χ0v) is 10.4. The zero-order valence-electron chi connectivity index (χ0n) is 10.4. The number of hydrogen-bond acceptors (Lipinski definition) is 3. The second kappa shape index (κ2) is 4.62. The third-order valence-corrected chi connectivity index (χ3v) is 2.81. The standard InChI is InChI=1S/C14H16N2O/c1-9(2)13-8-15-10(3)14(16-13)11-4-6-12(17)7-5-11/h4-6,8-9H,7H2,1-3H3. The van der Waals surface area contributed by atoms with Gasteiger partial charge in [-0.1, -0.05) is 19.9 Å². The predicted molar refractivity (Wildman–Crippen MR) is 67.6 cm³/mol. The molecule has 2 rings (SSSR count). The summed E-state index contributed by atoms with van der Waals surface area (Å²) in [4.78, 5) is 20.1. The number of aryl methyl sites for hydroxylation is 1. The van der Waals surface area contributed by atoms with Crippen molar-refractivity contribution in [2.24, 2.45) is 0 Å². The van der Waals surface area contributed by atoms with Crippen LogP contribution >= 0.6 is 0 Å². The van der Waals surface area contributed by atoms with Gasteiger partial charge in [0.1, 0.15) is 0 Å². The summed E-state index contributed by atoms with van der Waals surface area (Å²) in [5.74, 6) is 0.496. The molecule has 1 heterocycles. The Labute approximate surface area is 101 Å². The van der Waals surface area contributed by atoms with Gasteiger partial charge in [0.05, 0.1) is 17.1 Å². The molecule has 0 fully saturated rings. The normalized spacial score (nSPS) is 15.3. The van der Waals surface area contributed by atoms with Crippen molar-refractivity contribution in [2.45, 2.75) is 33.1 Å². The van der Waals surface area contributed by atoms with Gasteiger partial charge in [-0.05, 0) is 30.6 Å².